The number of hydrogen-bond donors (Lipinski definition) is 6. The first-order chi connectivity index (χ1) is 24.2. The average molecular weight is 677 g/mol. The second-order valence-electron chi connectivity index (χ2n) is 13.8. The van der Waals surface area contributed by atoms with Crippen molar-refractivity contribution in [1.29, 1.82) is 0 Å². The van der Waals surface area contributed by atoms with Gasteiger partial charge in [0.1, 0.15) is 11.5 Å². The highest BCUT2D eigenvalue weighted by molar-refractivity contribution is 5.94. The number of aryl methyl sites for hydroxylation is 1. The van der Waals surface area contributed by atoms with Crippen molar-refractivity contribution in [2.75, 3.05) is 39.8 Å². The van der Waals surface area contributed by atoms with Gasteiger partial charge in [0.15, 0.2) is 0 Å². The second kappa shape index (κ2) is 15.9. The van der Waals surface area contributed by atoms with Crippen LogP contribution in [0.2, 0.25) is 0 Å². The lowest BCUT2D eigenvalue weighted by Crippen LogP contribution is -2.41. The highest BCUT2D eigenvalue weighted by Gasteiger charge is 2.39. The number of carbonyl (C=O) groups is 1. The summed E-state index contributed by atoms with van der Waals surface area (Å²) >= 11 is 0. The number of nitrogens with zero attached hydrogens (tertiary/aromatic N) is 1. The summed E-state index contributed by atoms with van der Waals surface area (Å²) < 4.78 is 0. The third kappa shape index (κ3) is 8.02. The van der Waals surface area contributed by atoms with E-state index in [9.17, 15) is 24.9 Å². The molecular formula is C41H48N4O5. The molecule has 1 aromatic heterocycles. The first kappa shape index (κ1) is 35.1. The molecule has 2 atom stereocenters. The Morgan fingerprint density at radius 1 is 1.00 bits per heavy atom. The van der Waals surface area contributed by atoms with E-state index in [2.05, 4.69) is 64.0 Å². The number of likely N-dealkylation sites (tertiary alicyclic amines) is 1. The molecule has 4 aromatic rings. The van der Waals surface area contributed by atoms with Gasteiger partial charge in [0.2, 0.25) is 11.5 Å². The molecule has 0 saturated carbocycles. The summed E-state index contributed by atoms with van der Waals surface area (Å²) in [7, 11) is 2.15. The predicted octanol–water partition coefficient (Wildman–Crippen LogP) is 5.22. The number of allylic oxidation sites excluding steroid dienone is 3. The minimum Gasteiger partial charge on any atom is -0.508 e. The molecule has 2 heterocycles. The number of benzene rings is 3. The lowest BCUT2D eigenvalue weighted by molar-refractivity contribution is -0.117. The van der Waals surface area contributed by atoms with Crippen molar-refractivity contribution in [1.82, 2.24) is 20.5 Å². The van der Waals surface area contributed by atoms with Crippen molar-refractivity contribution in [2.45, 2.75) is 50.0 Å². The van der Waals surface area contributed by atoms with E-state index in [-0.39, 0.29) is 28.5 Å². The van der Waals surface area contributed by atoms with E-state index in [0.717, 1.165) is 61.9 Å². The zero-order chi connectivity index (χ0) is 35.1. The van der Waals surface area contributed by atoms with Gasteiger partial charge in [-0.1, -0.05) is 66.8 Å². The molecule has 1 fully saturated rings. The Labute approximate surface area is 293 Å². The predicted molar refractivity (Wildman–Crippen MR) is 197 cm³/mol. The molecule has 1 amide bonds. The third-order valence-corrected chi connectivity index (χ3v) is 10.4. The van der Waals surface area contributed by atoms with Crippen molar-refractivity contribution in [2.24, 2.45) is 5.92 Å². The van der Waals surface area contributed by atoms with Crippen molar-refractivity contribution in [3.63, 3.8) is 0 Å². The fourth-order valence-corrected chi connectivity index (χ4v) is 7.50. The number of hydrogen-bond acceptors (Lipinski definition) is 7. The molecule has 6 rings (SSSR count). The summed E-state index contributed by atoms with van der Waals surface area (Å²) in [4.78, 5) is 29.8. The third-order valence-electron chi connectivity index (χ3n) is 10.4. The van der Waals surface area contributed by atoms with Crippen molar-refractivity contribution in [3.05, 3.63) is 129 Å². The maximum Gasteiger partial charge on any atom is 0.248 e. The lowest BCUT2D eigenvalue weighted by atomic mass is 9.67. The zero-order valence-electron chi connectivity index (χ0n) is 28.7. The van der Waals surface area contributed by atoms with Crippen LogP contribution in [0.4, 0.5) is 0 Å². The molecule has 0 bridgehead atoms. The van der Waals surface area contributed by atoms with Crippen LogP contribution in [0.25, 0.3) is 10.9 Å². The number of aromatic hydroxyl groups is 2. The van der Waals surface area contributed by atoms with E-state index in [1.54, 1.807) is 12.1 Å². The van der Waals surface area contributed by atoms with E-state index in [1.165, 1.54) is 17.7 Å². The number of aliphatic hydroxyl groups excluding tert-OH is 1. The Kier molecular flexibility index (Phi) is 11.2. The van der Waals surface area contributed by atoms with Crippen LogP contribution in [0.5, 0.6) is 11.5 Å². The Hall–Kier alpha value is -4.70. The van der Waals surface area contributed by atoms with Gasteiger partial charge in [-0.2, -0.15) is 0 Å². The van der Waals surface area contributed by atoms with Gasteiger partial charge < -0.3 is 35.8 Å². The van der Waals surface area contributed by atoms with Crippen LogP contribution in [-0.4, -0.2) is 70.9 Å². The Morgan fingerprint density at radius 2 is 1.78 bits per heavy atom. The van der Waals surface area contributed by atoms with E-state index >= 15 is 0 Å². The highest BCUT2D eigenvalue weighted by atomic mass is 16.3. The molecular weight excluding hydrogens is 628 g/mol. The van der Waals surface area contributed by atoms with Crippen molar-refractivity contribution < 1.29 is 20.1 Å². The van der Waals surface area contributed by atoms with E-state index < -0.39 is 6.10 Å². The number of rotatable bonds is 13. The molecule has 1 aliphatic heterocycles. The first-order valence-corrected chi connectivity index (χ1v) is 17.7. The van der Waals surface area contributed by atoms with E-state index in [0.29, 0.717) is 48.3 Å². The zero-order valence-corrected chi connectivity index (χ0v) is 28.7. The highest BCUT2D eigenvalue weighted by Crippen LogP contribution is 2.45. The van der Waals surface area contributed by atoms with Crippen LogP contribution in [0.15, 0.2) is 101 Å². The summed E-state index contributed by atoms with van der Waals surface area (Å²) in [5, 5.41) is 39.0. The molecule has 1 aliphatic carbocycles. The van der Waals surface area contributed by atoms with Gasteiger partial charge in [-0.05, 0) is 106 Å². The van der Waals surface area contributed by atoms with Gasteiger partial charge in [0, 0.05) is 41.1 Å². The molecule has 262 valence electrons. The number of aromatic nitrogens is 1. The molecule has 6 N–H and O–H groups in total. The lowest BCUT2D eigenvalue weighted by Gasteiger charge is -2.42. The summed E-state index contributed by atoms with van der Waals surface area (Å²) in [5.74, 6) is 0.473. The number of nitrogens with one attached hydrogen (secondary N) is 3. The number of aromatic amines is 1. The smallest absolute Gasteiger partial charge is 0.248 e. The monoisotopic (exact) mass is 676 g/mol. The fraction of sp³-hybridized carbons (Fsp3) is 0.366. The second-order valence-corrected chi connectivity index (χ2v) is 13.8. The summed E-state index contributed by atoms with van der Waals surface area (Å²) in [6.45, 7) is 3.48. The minimum atomic E-state index is -0.820. The molecule has 9 nitrogen and oxygen atoms in total. The van der Waals surface area contributed by atoms with Gasteiger partial charge in [0.05, 0.1) is 11.6 Å². The minimum absolute atomic E-state index is 0.0371. The molecule has 0 spiro atoms. The van der Waals surface area contributed by atoms with Crippen LogP contribution in [0, 0.1) is 5.92 Å². The van der Waals surface area contributed by atoms with Crippen molar-refractivity contribution in [3.8, 4) is 11.5 Å². The van der Waals surface area contributed by atoms with Gasteiger partial charge in [-0.15, -0.1) is 0 Å². The number of phenols is 2. The van der Waals surface area contributed by atoms with Crippen LogP contribution < -0.4 is 16.2 Å². The largest absolute Gasteiger partial charge is 0.508 e. The fourth-order valence-electron chi connectivity index (χ4n) is 7.50. The number of amides is 1. The maximum atomic E-state index is 13.1. The number of fused-ring (bicyclic) bond motifs is 1. The van der Waals surface area contributed by atoms with Crippen LogP contribution in [0.3, 0.4) is 0 Å². The molecule has 0 radical (unpaired) electrons. The van der Waals surface area contributed by atoms with Gasteiger partial charge in [-0.3, -0.25) is 9.59 Å². The average Bonchev–Trinajstić information content (AvgIpc) is 3.14. The van der Waals surface area contributed by atoms with Crippen LogP contribution in [0.1, 0.15) is 60.5 Å². The number of piperidine rings is 1. The summed E-state index contributed by atoms with van der Waals surface area (Å²) in [5.41, 5.74) is 4.57. The van der Waals surface area contributed by atoms with Crippen LogP contribution in [-0.2, 0) is 16.6 Å². The summed E-state index contributed by atoms with van der Waals surface area (Å²) in [6.07, 6.45) is 10.1. The number of carbonyl (C=O) groups excluding carboxylic acids is 1. The van der Waals surface area contributed by atoms with Gasteiger partial charge in [-0.25, -0.2) is 0 Å². The maximum absolute atomic E-state index is 13.1. The van der Waals surface area contributed by atoms with Gasteiger partial charge in [0.25, 0.3) is 0 Å². The van der Waals surface area contributed by atoms with Gasteiger partial charge >= 0.3 is 0 Å². The van der Waals surface area contributed by atoms with Crippen LogP contribution >= 0.6 is 0 Å². The number of aliphatic hydroxyl groups is 1. The van der Waals surface area contributed by atoms with E-state index in [4.69, 9.17) is 0 Å². The number of phenolic OH excluding ortho intramolecular Hbond substituents is 2. The summed E-state index contributed by atoms with van der Waals surface area (Å²) in [6, 6.07) is 22.7. The Balaban J connectivity index is 0.961. The molecule has 1 saturated heterocycles. The standard InChI is InChI=1S/C41H48N4O5/c1-45-23-19-41(20-24-45,31-10-3-2-4-11-31)34-26-28(12-15-35(34)46)8-6-21-43-40(50)30-9-5-7-29(25-30)18-22-42-27-37(48)32-13-16-36(47)39-33(32)14-17-38(49)44-39/h2-5,7,9-17,26,29,37,42,46-48H,6,8,18-25,27H2,1H3,(H,43,50)(H,44,49). The number of H-pyrrole nitrogens is 1. The van der Waals surface area contributed by atoms with Crippen molar-refractivity contribution >= 4 is 16.8 Å². The molecule has 9 heteroatoms. The molecule has 2 aliphatic rings. The Bertz CT molecular complexity index is 1910. The van der Waals surface area contributed by atoms with E-state index in [1.807, 2.05) is 30.4 Å². The Morgan fingerprint density at radius 3 is 2.58 bits per heavy atom. The normalized spacial score (nSPS) is 18.1. The first-order valence-electron chi connectivity index (χ1n) is 17.7. The number of pyridine rings is 1. The quantitative estimate of drug-likeness (QED) is 0.107. The molecule has 50 heavy (non-hydrogen) atoms. The SMILES string of the molecule is CN1CCC(c2ccccc2)(c2cc(CCCNC(=O)C3=CC=CC(CCNCC(O)c4ccc(O)c5[nH]c(=O)ccc45)C3)ccc2O)CC1. The molecule has 2 unspecified atom stereocenters. The molecule has 3 aromatic carbocycles. The topological polar surface area (TPSA) is 138 Å².